The zero-order chi connectivity index (χ0) is 22.2. The molecule has 4 aromatic rings. The van der Waals surface area contributed by atoms with Crippen molar-refractivity contribution < 1.29 is 17.6 Å². The zero-order valence-electron chi connectivity index (χ0n) is 17.0. The van der Waals surface area contributed by atoms with Crippen molar-refractivity contribution in [3.63, 3.8) is 0 Å². The van der Waals surface area contributed by atoms with E-state index in [9.17, 15) is 13.2 Å². The van der Waals surface area contributed by atoms with Crippen molar-refractivity contribution in [3.8, 4) is 0 Å². The van der Waals surface area contributed by atoms with Crippen molar-refractivity contribution in [3.05, 3.63) is 71.8 Å². The van der Waals surface area contributed by atoms with Gasteiger partial charge in [0.2, 0.25) is 15.9 Å². The molecule has 0 aliphatic rings. The summed E-state index contributed by atoms with van der Waals surface area (Å²) in [4.78, 5) is 13.1. The second-order valence-electron chi connectivity index (χ2n) is 7.26. The molecule has 1 amide bonds. The Kier molecular flexibility index (Phi) is 5.64. The van der Waals surface area contributed by atoms with Crippen molar-refractivity contribution in [1.29, 1.82) is 0 Å². The molecule has 0 saturated heterocycles. The molecule has 0 aliphatic carbocycles. The van der Waals surface area contributed by atoms with Gasteiger partial charge in [-0.2, -0.15) is 0 Å². The number of carbonyl (C=O) groups excluding carboxylic acids is 1. The Hall–Kier alpha value is -3.03. The van der Waals surface area contributed by atoms with Crippen molar-refractivity contribution >= 4 is 60.8 Å². The molecule has 0 fully saturated rings. The van der Waals surface area contributed by atoms with E-state index in [0.29, 0.717) is 22.0 Å². The van der Waals surface area contributed by atoms with Crippen molar-refractivity contribution in [2.24, 2.45) is 0 Å². The van der Waals surface area contributed by atoms with E-state index in [1.807, 2.05) is 30.3 Å². The highest BCUT2D eigenvalue weighted by atomic mass is 35.5. The van der Waals surface area contributed by atoms with Gasteiger partial charge >= 0.3 is 0 Å². The van der Waals surface area contributed by atoms with Crippen LogP contribution >= 0.6 is 11.6 Å². The molecule has 1 atom stereocenters. The largest absolute Gasteiger partial charge is 0.456 e. The third kappa shape index (κ3) is 4.24. The number of nitrogens with one attached hydrogen (secondary N) is 1. The highest BCUT2D eigenvalue weighted by molar-refractivity contribution is 7.92. The van der Waals surface area contributed by atoms with Crippen molar-refractivity contribution in [2.45, 2.75) is 19.4 Å². The van der Waals surface area contributed by atoms with Gasteiger partial charge in [0.1, 0.15) is 17.2 Å². The lowest BCUT2D eigenvalue weighted by Crippen LogP contribution is -2.47. The van der Waals surface area contributed by atoms with Crippen LogP contribution < -0.4 is 9.62 Å². The van der Waals surface area contributed by atoms with Crippen LogP contribution in [0.25, 0.3) is 21.9 Å². The summed E-state index contributed by atoms with van der Waals surface area (Å²) < 4.78 is 32.1. The van der Waals surface area contributed by atoms with Crippen LogP contribution in [-0.4, -0.2) is 26.6 Å². The lowest BCUT2D eigenvalue weighted by Gasteiger charge is -2.30. The highest BCUT2D eigenvalue weighted by Crippen LogP contribution is 2.31. The Labute approximate surface area is 185 Å². The fourth-order valence-electron chi connectivity index (χ4n) is 3.70. The molecule has 1 N–H and O–H groups in total. The van der Waals surface area contributed by atoms with Crippen LogP contribution in [0.5, 0.6) is 0 Å². The van der Waals surface area contributed by atoms with E-state index in [2.05, 4.69) is 5.32 Å². The number of para-hydroxylation sites is 1. The Morgan fingerprint density at radius 2 is 1.77 bits per heavy atom. The maximum Gasteiger partial charge on any atom is 0.248 e. The topological polar surface area (TPSA) is 79.6 Å². The lowest BCUT2D eigenvalue weighted by atomic mass is 10.1. The molecule has 0 radical (unpaired) electrons. The van der Waals surface area contributed by atoms with E-state index in [0.717, 1.165) is 26.9 Å². The molecular weight excluding hydrogens is 436 g/mol. The number of fused-ring (bicyclic) bond motifs is 3. The first-order valence-corrected chi connectivity index (χ1v) is 12.0. The summed E-state index contributed by atoms with van der Waals surface area (Å²) in [6, 6.07) is 18.6. The Morgan fingerprint density at radius 3 is 2.48 bits per heavy atom. The van der Waals surface area contributed by atoms with Gasteiger partial charge in [0.15, 0.2) is 0 Å². The maximum atomic E-state index is 13.1. The molecule has 8 heteroatoms. The number of sulfonamides is 1. The summed E-state index contributed by atoms with van der Waals surface area (Å²) in [5.74, 6) is -0.441. The van der Waals surface area contributed by atoms with E-state index in [-0.39, 0.29) is 6.42 Å². The molecule has 1 aromatic heterocycles. The number of halogens is 1. The van der Waals surface area contributed by atoms with Gasteiger partial charge in [-0.15, -0.1) is 0 Å². The molecule has 3 aromatic carbocycles. The fourth-order valence-corrected chi connectivity index (χ4v) is 5.09. The van der Waals surface area contributed by atoms with Gasteiger partial charge in [0, 0.05) is 27.5 Å². The molecule has 0 saturated carbocycles. The van der Waals surface area contributed by atoms with E-state index < -0.39 is 22.0 Å². The Balaban J connectivity index is 1.67. The minimum Gasteiger partial charge on any atom is -0.456 e. The number of hydrogen-bond acceptors (Lipinski definition) is 4. The number of benzene rings is 3. The van der Waals surface area contributed by atoms with Crippen LogP contribution in [0.15, 0.2) is 71.1 Å². The number of anilines is 2. The molecule has 0 aliphatic heterocycles. The average Bonchev–Trinajstić information content (AvgIpc) is 3.08. The molecule has 1 heterocycles. The van der Waals surface area contributed by atoms with Gasteiger partial charge in [-0.1, -0.05) is 42.8 Å². The van der Waals surface area contributed by atoms with Crippen LogP contribution in [0, 0.1) is 0 Å². The van der Waals surface area contributed by atoms with E-state index in [1.165, 1.54) is 6.07 Å². The average molecular weight is 457 g/mol. The predicted molar refractivity (Wildman–Crippen MR) is 125 cm³/mol. The zero-order valence-corrected chi connectivity index (χ0v) is 18.6. The Bertz CT molecular complexity index is 1380. The first kappa shape index (κ1) is 21.2. The van der Waals surface area contributed by atoms with Gasteiger partial charge in [-0.05, 0) is 42.8 Å². The first-order chi connectivity index (χ1) is 14.8. The number of rotatable bonds is 6. The number of carbonyl (C=O) groups is 1. The molecule has 0 spiro atoms. The quantitative estimate of drug-likeness (QED) is 0.420. The van der Waals surface area contributed by atoms with Gasteiger partial charge in [-0.3, -0.25) is 9.10 Å². The number of furan rings is 1. The van der Waals surface area contributed by atoms with Crippen LogP contribution in [0.1, 0.15) is 13.3 Å². The predicted octanol–water partition coefficient (Wildman–Crippen LogP) is 5.42. The normalized spacial score (nSPS) is 12.7. The second-order valence-corrected chi connectivity index (χ2v) is 9.56. The third-order valence-electron chi connectivity index (χ3n) is 5.04. The van der Waals surface area contributed by atoms with Gasteiger partial charge in [0.25, 0.3) is 0 Å². The second kappa shape index (κ2) is 8.24. The molecule has 0 unspecified atom stereocenters. The third-order valence-corrected chi connectivity index (χ3v) is 6.45. The Morgan fingerprint density at radius 1 is 1.03 bits per heavy atom. The minimum atomic E-state index is -3.74. The standard InChI is InChI=1S/C23H21ClN2O4S/c1-3-20(26(31(2,28)29)17-8-6-7-15(24)13-17)23(27)25-16-11-12-19-18-9-4-5-10-21(18)30-22(19)14-16/h4-14,20H,3H2,1-2H3,(H,25,27)/t20-/m1/s1. The SMILES string of the molecule is CC[C@H](C(=O)Nc1ccc2c(c1)oc1ccccc12)N(c1cccc(Cl)c1)S(C)(=O)=O. The van der Waals surface area contributed by atoms with Gasteiger partial charge in [0.05, 0.1) is 11.9 Å². The summed E-state index contributed by atoms with van der Waals surface area (Å²) in [5, 5.41) is 5.15. The summed E-state index contributed by atoms with van der Waals surface area (Å²) in [6.07, 6.45) is 1.35. The highest BCUT2D eigenvalue weighted by Gasteiger charge is 2.31. The van der Waals surface area contributed by atoms with E-state index in [4.69, 9.17) is 16.0 Å². The smallest absolute Gasteiger partial charge is 0.248 e. The summed E-state index contributed by atoms with van der Waals surface area (Å²) in [6.45, 7) is 1.76. The van der Waals surface area contributed by atoms with Crippen LogP contribution in [-0.2, 0) is 14.8 Å². The number of hydrogen-bond donors (Lipinski definition) is 1. The lowest BCUT2D eigenvalue weighted by molar-refractivity contribution is -0.117. The molecule has 0 bridgehead atoms. The van der Waals surface area contributed by atoms with Crippen LogP contribution in [0.2, 0.25) is 5.02 Å². The maximum absolute atomic E-state index is 13.1. The van der Waals surface area contributed by atoms with Crippen molar-refractivity contribution in [1.82, 2.24) is 0 Å². The van der Waals surface area contributed by atoms with Crippen LogP contribution in [0.4, 0.5) is 11.4 Å². The molecule has 160 valence electrons. The minimum absolute atomic E-state index is 0.276. The number of amides is 1. The summed E-state index contributed by atoms with van der Waals surface area (Å²) in [5.41, 5.74) is 2.26. The van der Waals surface area contributed by atoms with E-state index in [1.54, 1.807) is 37.3 Å². The first-order valence-electron chi connectivity index (χ1n) is 9.75. The van der Waals surface area contributed by atoms with Gasteiger partial charge in [-0.25, -0.2) is 8.42 Å². The fraction of sp³-hybridized carbons (Fsp3) is 0.174. The van der Waals surface area contributed by atoms with Crippen molar-refractivity contribution in [2.75, 3.05) is 15.9 Å². The van der Waals surface area contributed by atoms with E-state index >= 15 is 0 Å². The van der Waals surface area contributed by atoms with Gasteiger partial charge < -0.3 is 9.73 Å². The molecule has 6 nitrogen and oxygen atoms in total. The molecule has 4 rings (SSSR count). The number of nitrogens with zero attached hydrogens (tertiary/aromatic N) is 1. The monoisotopic (exact) mass is 456 g/mol. The summed E-state index contributed by atoms with van der Waals surface area (Å²) >= 11 is 6.05. The summed E-state index contributed by atoms with van der Waals surface area (Å²) in [7, 11) is -3.74. The molecule has 31 heavy (non-hydrogen) atoms. The van der Waals surface area contributed by atoms with Crippen LogP contribution in [0.3, 0.4) is 0 Å². The molecular formula is C23H21ClN2O4S.